The van der Waals surface area contributed by atoms with Gasteiger partial charge >= 0.3 is 12.4 Å². The number of hydrogen-bond donors (Lipinski definition) is 2. The van der Waals surface area contributed by atoms with E-state index in [1.807, 2.05) is 0 Å². The second-order valence-corrected chi connectivity index (χ2v) is 5.41. The number of aliphatic hydroxyl groups is 1. The minimum Gasteiger partial charge on any atom is -0.506 e. The van der Waals surface area contributed by atoms with Gasteiger partial charge in [-0.3, -0.25) is 4.99 Å². The fourth-order valence-electron chi connectivity index (χ4n) is 2.15. The third kappa shape index (κ3) is 5.90. The fourth-order valence-corrected chi connectivity index (χ4v) is 2.15. The maximum atomic E-state index is 12.9. The van der Waals surface area contributed by atoms with E-state index in [-0.39, 0.29) is 11.4 Å². The molecule has 9 heteroatoms. The molecule has 0 fully saturated rings. The van der Waals surface area contributed by atoms with E-state index < -0.39 is 29.2 Å². The van der Waals surface area contributed by atoms with Crippen LogP contribution in [0.5, 0.6) is 0 Å². The molecule has 3 nitrogen and oxygen atoms in total. The number of halogens is 6. The van der Waals surface area contributed by atoms with Crippen molar-refractivity contribution in [3.8, 4) is 0 Å². The predicted molar refractivity (Wildman–Crippen MR) is 94.5 cm³/mol. The molecule has 0 aliphatic carbocycles. The van der Waals surface area contributed by atoms with Gasteiger partial charge in [-0.15, -0.1) is 0 Å². The molecular weight excluding hydrogens is 386 g/mol. The van der Waals surface area contributed by atoms with Gasteiger partial charge in [0, 0.05) is 6.20 Å². The largest absolute Gasteiger partial charge is 0.506 e. The van der Waals surface area contributed by atoms with Gasteiger partial charge in [0.15, 0.2) is 0 Å². The summed E-state index contributed by atoms with van der Waals surface area (Å²) >= 11 is 0. The first kappa shape index (κ1) is 21.1. The average molecular weight is 400 g/mol. The van der Waals surface area contributed by atoms with Crippen molar-refractivity contribution >= 4 is 17.6 Å². The number of aliphatic imine (C=N–C) groups is 1. The smallest absolute Gasteiger partial charge is 0.418 e. The quantitative estimate of drug-likeness (QED) is 0.261. The Balaban J connectivity index is 2.08. The summed E-state index contributed by atoms with van der Waals surface area (Å²) in [6.07, 6.45) is -4.94. The van der Waals surface area contributed by atoms with Crippen molar-refractivity contribution in [3.05, 3.63) is 83.8 Å². The number of para-hydroxylation sites is 2. The number of benzene rings is 2. The Morgan fingerprint density at radius 1 is 0.857 bits per heavy atom. The highest BCUT2D eigenvalue weighted by Gasteiger charge is 2.33. The van der Waals surface area contributed by atoms with Crippen LogP contribution in [0.2, 0.25) is 0 Å². The van der Waals surface area contributed by atoms with Crippen molar-refractivity contribution in [3.63, 3.8) is 0 Å². The second kappa shape index (κ2) is 8.64. The van der Waals surface area contributed by atoms with Crippen molar-refractivity contribution < 1.29 is 31.4 Å². The second-order valence-electron chi connectivity index (χ2n) is 5.41. The van der Waals surface area contributed by atoms with Crippen LogP contribution in [0, 0.1) is 0 Å². The maximum absolute atomic E-state index is 12.9. The number of aliphatic hydroxyl groups excluding tert-OH is 1. The van der Waals surface area contributed by atoms with E-state index in [2.05, 4.69) is 10.3 Å². The van der Waals surface area contributed by atoms with E-state index in [0.717, 1.165) is 36.7 Å². The number of nitrogens with zero attached hydrogens (tertiary/aromatic N) is 1. The van der Waals surface area contributed by atoms with E-state index in [0.29, 0.717) is 0 Å². The van der Waals surface area contributed by atoms with Crippen LogP contribution in [-0.4, -0.2) is 11.3 Å². The molecule has 0 bridgehead atoms. The minimum atomic E-state index is -4.59. The van der Waals surface area contributed by atoms with E-state index in [1.54, 1.807) is 0 Å². The molecule has 0 radical (unpaired) electrons. The molecule has 0 atom stereocenters. The Labute approximate surface area is 156 Å². The summed E-state index contributed by atoms with van der Waals surface area (Å²) in [5, 5.41) is 12.1. The first-order chi connectivity index (χ1) is 13.1. The minimum absolute atomic E-state index is 0.188. The summed E-state index contributed by atoms with van der Waals surface area (Å²) in [6, 6.07) is 9.38. The molecule has 0 aliphatic rings. The Kier molecular flexibility index (Phi) is 6.50. The predicted octanol–water partition coefficient (Wildman–Crippen LogP) is 6.49. The van der Waals surface area contributed by atoms with Crippen molar-refractivity contribution in [2.45, 2.75) is 12.4 Å². The fraction of sp³-hybridized carbons (Fsp3) is 0.105. The zero-order chi connectivity index (χ0) is 20.8. The molecule has 0 unspecified atom stereocenters. The number of nitrogens with one attached hydrogen (secondary N) is 1. The van der Waals surface area contributed by atoms with Crippen molar-refractivity contribution in [2.24, 2.45) is 4.99 Å². The number of allylic oxidation sites excluding steroid dienone is 3. The molecule has 0 saturated carbocycles. The Bertz CT molecular complexity index is 898. The molecule has 28 heavy (non-hydrogen) atoms. The van der Waals surface area contributed by atoms with Crippen LogP contribution in [0.3, 0.4) is 0 Å². The van der Waals surface area contributed by atoms with Gasteiger partial charge in [0.05, 0.1) is 28.7 Å². The van der Waals surface area contributed by atoms with Gasteiger partial charge in [-0.05, 0) is 36.4 Å². The lowest BCUT2D eigenvalue weighted by atomic mass is 10.1. The third-order valence-electron chi connectivity index (χ3n) is 3.38. The number of alkyl halides is 6. The summed E-state index contributed by atoms with van der Waals surface area (Å²) in [6.45, 7) is 0. The molecule has 0 amide bonds. The molecule has 0 saturated heterocycles. The molecule has 0 spiro atoms. The molecule has 2 aromatic carbocycles. The lowest BCUT2D eigenvalue weighted by Crippen LogP contribution is -2.08. The topological polar surface area (TPSA) is 44.6 Å². The average Bonchev–Trinajstić information content (AvgIpc) is 2.62. The SMILES string of the molecule is O/C(C=Nc1ccccc1C(F)(F)F)=C\C=C\Nc1ccccc1C(F)(F)F. The van der Waals surface area contributed by atoms with Gasteiger partial charge in [-0.25, -0.2) is 0 Å². The van der Waals surface area contributed by atoms with Crippen LogP contribution in [0.4, 0.5) is 37.7 Å². The maximum Gasteiger partial charge on any atom is 0.418 e. The van der Waals surface area contributed by atoms with Crippen LogP contribution in [0.15, 0.2) is 77.6 Å². The molecule has 0 heterocycles. The molecule has 2 rings (SSSR count). The van der Waals surface area contributed by atoms with Crippen molar-refractivity contribution in [1.29, 1.82) is 0 Å². The molecular formula is C19H14F6N2O. The zero-order valence-electron chi connectivity index (χ0n) is 14.1. The summed E-state index contributed by atoms with van der Waals surface area (Å²) in [5.41, 5.74) is -2.39. The van der Waals surface area contributed by atoms with Crippen LogP contribution in [-0.2, 0) is 12.4 Å². The van der Waals surface area contributed by atoms with Gasteiger partial charge < -0.3 is 10.4 Å². The highest BCUT2D eigenvalue weighted by atomic mass is 19.4. The van der Waals surface area contributed by atoms with Gasteiger partial charge in [0.2, 0.25) is 0 Å². The van der Waals surface area contributed by atoms with Gasteiger partial charge in [-0.1, -0.05) is 24.3 Å². The standard InChI is InChI=1S/C19H14F6N2O/c20-18(21,22)14-7-1-3-9-16(14)26-11-5-6-13(28)12-27-17-10-4-2-8-15(17)19(23,24)25/h1-12,26,28H/b11-5+,13-6-,27-12?. The molecule has 0 aliphatic heterocycles. The monoisotopic (exact) mass is 400 g/mol. The highest BCUT2D eigenvalue weighted by molar-refractivity contribution is 5.79. The molecule has 0 aromatic heterocycles. The van der Waals surface area contributed by atoms with E-state index >= 15 is 0 Å². The summed E-state index contributed by atoms with van der Waals surface area (Å²) in [5.74, 6) is -0.487. The number of anilines is 1. The van der Waals surface area contributed by atoms with Crippen LogP contribution in [0.25, 0.3) is 0 Å². The van der Waals surface area contributed by atoms with Gasteiger partial charge in [0.25, 0.3) is 0 Å². The van der Waals surface area contributed by atoms with Gasteiger partial charge in [0.1, 0.15) is 5.76 Å². The zero-order valence-corrected chi connectivity index (χ0v) is 14.1. The van der Waals surface area contributed by atoms with Crippen LogP contribution in [0.1, 0.15) is 11.1 Å². The van der Waals surface area contributed by atoms with Crippen molar-refractivity contribution in [2.75, 3.05) is 5.32 Å². The summed E-state index contributed by atoms with van der Waals surface area (Å²) in [4.78, 5) is 3.59. The van der Waals surface area contributed by atoms with Crippen molar-refractivity contribution in [1.82, 2.24) is 0 Å². The van der Waals surface area contributed by atoms with Gasteiger partial charge in [-0.2, -0.15) is 26.3 Å². The highest BCUT2D eigenvalue weighted by Crippen LogP contribution is 2.36. The first-order valence-electron chi connectivity index (χ1n) is 7.78. The van der Waals surface area contributed by atoms with E-state index in [4.69, 9.17) is 0 Å². The summed E-state index contributed by atoms with van der Waals surface area (Å²) in [7, 11) is 0. The van der Waals surface area contributed by atoms with Crippen LogP contribution < -0.4 is 5.32 Å². The number of rotatable bonds is 5. The molecule has 2 aromatic rings. The Morgan fingerprint density at radius 2 is 1.43 bits per heavy atom. The molecule has 148 valence electrons. The molecule has 2 N–H and O–H groups in total. The Hall–Kier alpha value is -3.23. The first-order valence-corrected chi connectivity index (χ1v) is 7.78. The number of hydrogen-bond acceptors (Lipinski definition) is 3. The summed E-state index contributed by atoms with van der Waals surface area (Å²) < 4.78 is 77.1. The lowest BCUT2D eigenvalue weighted by molar-refractivity contribution is -0.137. The lowest BCUT2D eigenvalue weighted by Gasteiger charge is -2.11. The Morgan fingerprint density at radius 3 is 2.07 bits per heavy atom. The van der Waals surface area contributed by atoms with E-state index in [9.17, 15) is 31.4 Å². The van der Waals surface area contributed by atoms with E-state index in [1.165, 1.54) is 36.4 Å². The third-order valence-corrected chi connectivity index (χ3v) is 3.38. The normalized spacial score (nSPS) is 13.4. The van der Waals surface area contributed by atoms with Crippen LogP contribution >= 0.6 is 0 Å².